The molecule has 2 aromatic heterocycles. The third-order valence-electron chi connectivity index (χ3n) is 14.7. The molecule has 0 saturated heterocycles. The molecule has 5 heterocycles. The summed E-state index contributed by atoms with van der Waals surface area (Å²) >= 11 is 0. The molecule has 13 rings (SSSR count). The highest BCUT2D eigenvalue weighted by Gasteiger charge is 2.47. The number of para-hydroxylation sites is 2. The van der Waals surface area contributed by atoms with Crippen LogP contribution in [0.4, 0.5) is 11.4 Å². The quantitative estimate of drug-likeness (QED) is 0.163. The summed E-state index contributed by atoms with van der Waals surface area (Å²) in [4.78, 5) is 2.62. The molecule has 0 amide bonds. The van der Waals surface area contributed by atoms with Crippen molar-refractivity contribution in [1.82, 2.24) is 4.57 Å². The van der Waals surface area contributed by atoms with Gasteiger partial charge in [0, 0.05) is 72.3 Å². The SMILES string of the molecule is CC(C)(C)c1ccc2c(c1)c1cc(C(C)(C)C)cc3c1n2-c1cc2c(oc4ccccc42)c2c1B3N(c1ccc(-c3ccccc3)cc1)c1cc3c(cc1-2)C(C)(C)c1ccccc1O3. The Morgan fingerprint density at radius 2 is 1.25 bits per heavy atom. The number of hydrogen-bond donors (Lipinski definition) is 0. The highest BCUT2D eigenvalue weighted by molar-refractivity contribution is 6.94. The maximum absolute atomic E-state index is 7.14. The fourth-order valence-corrected chi connectivity index (χ4v) is 11.3. The van der Waals surface area contributed by atoms with Gasteiger partial charge in [0.15, 0.2) is 0 Å². The molecule has 4 nitrogen and oxygen atoms in total. The Morgan fingerprint density at radius 1 is 0.547 bits per heavy atom. The average molecular weight is 829 g/mol. The first-order valence-corrected chi connectivity index (χ1v) is 22.8. The van der Waals surface area contributed by atoms with Crippen LogP contribution in [0.2, 0.25) is 0 Å². The summed E-state index contributed by atoms with van der Waals surface area (Å²) < 4.78 is 16.7. The molecule has 0 spiro atoms. The maximum atomic E-state index is 7.14. The Balaban J connectivity index is 1.21. The topological polar surface area (TPSA) is 30.5 Å². The van der Waals surface area contributed by atoms with Gasteiger partial charge < -0.3 is 18.5 Å². The van der Waals surface area contributed by atoms with Gasteiger partial charge in [0.05, 0.1) is 11.0 Å². The number of fused-ring (bicyclic) bond motifs is 13. The molecule has 10 aromatic rings. The number of anilines is 2. The van der Waals surface area contributed by atoms with Gasteiger partial charge in [-0.2, -0.15) is 0 Å². The minimum atomic E-state index is -0.318. The van der Waals surface area contributed by atoms with Gasteiger partial charge in [-0.25, -0.2) is 0 Å². The standard InChI is InChI=1S/C59H49BN2O2/c1-57(2,3)36-24-27-47-40(28-36)41-29-37(58(4,5)6)30-46-55(41)61(47)49-32-42-39-18-12-14-20-50(39)64-56(42)53-43-31-45-52(63-51-21-15-13-19-44(51)59(45,7)8)33-48(43)62(60(46)54(49)53)38-25-22-35(23-26-38)34-16-10-9-11-17-34/h9-33H,1-8H3. The number of furan rings is 1. The van der Waals surface area contributed by atoms with Gasteiger partial charge in [-0.05, 0) is 98.6 Å². The largest absolute Gasteiger partial charge is 0.457 e. The molecule has 5 heteroatoms. The van der Waals surface area contributed by atoms with E-state index in [9.17, 15) is 0 Å². The zero-order valence-electron chi connectivity index (χ0n) is 37.7. The van der Waals surface area contributed by atoms with Crippen LogP contribution in [0, 0.1) is 0 Å². The summed E-state index contributed by atoms with van der Waals surface area (Å²) in [6, 6.07) is 56.4. The zero-order chi connectivity index (χ0) is 43.6. The summed E-state index contributed by atoms with van der Waals surface area (Å²) in [6.45, 7) is 18.5. The van der Waals surface area contributed by atoms with Crippen molar-refractivity contribution in [2.24, 2.45) is 0 Å². The molecule has 3 aliphatic rings. The molecule has 8 aromatic carbocycles. The minimum absolute atomic E-state index is 0.00929. The number of hydrogen-bond acceptors (Lipinski definition) is 3. The molecule has 3 aliphatic heterocycles. The van der Waals surface area contributed by atoms with Gasteiger partial charge in [-0.15, -0.1) is 0 Å². The molecule has 0 radical (unpaired) electrons. The highest BCUT2D eigenvalue weighted by Crippen LogP contribution is 2.55. The highest BCUT2D eigenvalue weighted by atomic mass is 16.5. The molecular weight excluding hydrogens is 779 g/mol. The predicted octanol–water partition coefficient (Wildman–Crippen LogP) is 14.6. The molecule has 0 bridgehead atoms. The van der Waals surface area contributed by atoms with Crippen LogP contribution in [-0.4, -0.2) is 11.4 Å². The Kier molecular flexibility index (Phi) is 7.40. The van der Waals surface area contributed by atoms with E-state index in [2.05, 4.69) is 216 Å². The van der Waals surface area contributed by atoms with E-state index >= 15 is 0 Å². The molecule has 0 saturated carbocycles. The van der Waals surface area contributed by atoms with Crippen molar-refractivity contribution in [2.75, 3.05) is 4.81 Å². The first-order chi connectivity index (χ1) is 30.8. The Labute approximate surface area is 374 Å². The van der Waals surface area contributed by atoms with Crippen LogP contribution in [0.3, 0.4) is 0 Å². The molecule has 0 unspecified atom stereocenters. The van der Waals surface area contributed by atoms with Gasteiger partial charge in [0.1, 0.15) is 22.7 Å². The number of rotatable bonds is 2. The third-order valence-corrected chi connectivity index (χ3v) is 14.7. The van der Waals surface area contributed by atoms with Crippen LogP contribution in [0.15, 0.2) is 156 Å². The van der Waals surface area contributed by atoms with Gasteiger partial charge in [0.2, 0.25) is 0 Å². The van der Waals surface area contributed by atoms with Crippen LogP contribution in [-0.2, 0) is 16.2 Å². The van der Waals surface area contributed by atoms with Crippen LogP contribution in [0.1, 0.15) is 77.6 Å². The number of benzene rings is 8. The molecule has 64 heavy (non-hydrogen) atoms. The second-order valence-electron chi connectivity index (χ2n) is 21.0. The summed E-state index contributed by atoms with van der Waals surface area (Å²) in [5.74, 6) is 1.80. The van der Waals surface area contributed by atoms with Crippen LogP contribution in [0.25, 0.3) is 71.7 Å². The van der Waals surface area contributed by atoms with Gasteiger partial charge >= 0.3 is 6.85 Å². The average Bonchev–Trinajstić information content (AvgIpc) is 3.83. The molecule has 310 valence electrons. The summed E-state index contributed by atoms with van der Waals surface area (Å²) in [5, 5.41) is 4.84. The van der Waals surface area contributed by atoms with Crippen molar-refractivity contribution in [2.45, 2.75) is 71.6 Å². The van der Waals surface area contributed by atoms with Crippen molar-refractivity contribution in [3.63, 3.8) is 0 Å². The smallest absolute Gasteiger partial charge is 0.333 e. The third kappa shape index (κ3) is 5.07. The first-order valence-electron chi connectivity index (χ1n) is 22.8. The summed E-state index contributed by atoms with van der Waals surface area (Å²) in [5.41, 5.74) is 19.6. The lowest BCUT2D eigenvalue weighted by atomic mass is 9.43. The Hall–Kier alpha value is -6.98. The Morgan fingerprint density at radius 3 is 2.03 bits per heavy atom. The van der Waals surface area contributed by atoms with Crippen LogP contribution < -0.4 is 20.5 Å². The van der Waals surface area contributed by atoms with E-state index < -0.39 is 0 Å². The predicted molar refractivity (Wildman–Crippen MR) is 269 cm³/mol. The van der Waals surface area contributed by atoms with Crippen molar-refractivity contribution < 1.29 is 9.15 Å². The fourth-order valence-electron chi connectivity index (χ4n) is 11.3. The van der Waals surface area contributed by atoms with Gasteiger partial charge in [-0.1, -0.05) is 146 Å². The second-order valence-corrected chi connectivity index (χ2v) is 21.0. The fraction of sp³-hybridized carbons (Fsp3) is 0.186. The normalized spacial score (nSPS) is 14.8. The van der Waals surface area contributed by atoms with Crippen molar-refractivity contribution >= 4 is 72.9 Å². The van der Waals surface area contributed by atoms with Crippen molar-refractivity contribution in [3.8, 4) is 39.4 Å². The van der Waals surface area contributed by atoms with Gasteiger partial charge in [0.25, 0.3) is 0 Å². The molecule has 0 aliphatic carbocycles. The first kappa shape index (κ1) is 37.6. The van der Waals surface area contributed by atoms with E-state index in [-0.39, 0.29) is 23.1 Å². The van der Waals surface area contributed by atoms with E-state index in [0.29, 0.717) is 0 Å². The number of ether oxygens (including phenoxy) is 1. The molecular formula is C59H49BN2O2. The number of nitrogens with zero attached hydrogens (tertiary/aromatic N) is 2. The number of aromatic nitrogens is 1. The van der Waals surface area contributed by atoms with E-state index in [4.69, 9.17) is 9.15 Å². The molecule has 0 fully saturated rings. The lowest BCUT2D eigenvalue weighted by molar-refractivity contribution is 0.418. The molecule has 0 atom stereocenters. The second kappa shape index (κ2) is 12.6. The lowest BCUT2D eigenvalue weighted by Crippen LogP contribution is -2.61. The van der Waals surface area contributed by atoms with Crippen molar-refractivity contribution in [3.05, 3.63) is 174 Å². The molecule has 0 N–H and O–H groups in total. The monoisotopic (exact) mass is 828 g/mol. The zero-order valence-corrected chi connectivity index (χ0v) is 37.7. The van der Waals surface area contributed by atoms with Crippen LogP contribution >= 0.6 is 0 Å². The van der Waals surface area contributed by atoms with E-state index in [1.54, 1.807) is 0 Å². The summed E-state index contributed by atoms with van der Waals surface area (Å²) in [7, 11) is 0. The Bertz CT molecular complexity index is 3630. The van der Waals surface area contributed by atoms with E-state index in [1.807, 2.05) is 0 Å². The maximum Gasteiger partial charge on any atom is 0.333 e. The van der Waals surface area contributed by atoms with Gasteiger partial charge in [-0.3, -0.25) is 0 Å². The summed E-state index contributed by atoms with van der Waals surface area (Å²) in [6.07, 6.45) is 0. The lowest BCUT2D eigenvalue weighted by Gasteiger charge is -2.44. The van der Waals surface area contributed by atoms with Crippen LogP contribution in [0.5, 0.6) is 11.5 Å². The van der Waals surface area contributed by atoms with Crippen molar-refractivity contribution in [1.29, 1.82) is 0 Å². The minimum Gasteiger partial charge on any atom is -0.457 e. The van der Waals surface area contributed by atoms with E-state index in [0.717, 1.165) is 55.9 Å². The van der Waals surface area contributed by atoms with E-state index in [1.165, 1.54) is 71.8 Å².